The zero-order valence-electron chi connectivity index (χ0n) is 15.1. The van der Waals surface area contributed by atoms with Crippen LogP contribution in [0.15, 0.2) is 60.9 Å². The lowest BCUT2D eigenvalue weighted by Gasteiger charge is -2.17. The minimum Gasteiger partial charge on any atom is -0.358 e. The number of aromatic nitrogens is 2. The monoisotopic (exact) mass is 403 g/mol. The van der Waals surface area contributed by atoms with Gasteiger partial charge in [-0.3, -0.25) is 10.1 Å². The van der Waals surface area contributed by atoms with Crippen molar-refractivity contribution in [1.82, 2.24) is 9.97 Å². The van der Waals surface area contributed by atoms with E-state index in [9.17, 15) is 23.3 Å². The van der Waals surface area contributed by atoms with Gasteiger partial charge in [-0.1, -0.05) is 42.5 Å². The lowest BCUT2D eigenvalue weighted by molar-refractivity contribution is -0.383. The molecule has 1 atom stereocenters. The molecule has 3 rings (SSSR count). The fourth-order valence-corrected chi connectivity index (χ4v) is 2.75. The summed E-state index contributed by atoms with van der Waals surface area (Å²) in [7, 11) is 0. The summed E-state index contributed by atoms with van der Waals surface area (Å²) < 4.78 is 39.7. The summed E-state index contributed by atoms with van der Waals surface area (Å²) in [5.74, 6) is -0.446. The summed E-state index contributed by atoms with van der Waals surface area (Å²) in [5.41, 5.74) is -0.992. The van der Waals surface area contributed by atoms with Crippen LogP contribution < -0.4 is 10.6 Å². The van der Waals surface area contributed by atoms with E-state index in [0.29, 0.717) is 0 Å². The number of nitro groups is 1. The Balaban J connectivity index is 1.98. The largest absolute Gasteiger partial charge is 0.418 e. The molecule has 0 spiro atoms. The normalized spacial score (nSPS) is 12.3. The lowest BCUT2D eigenvalue weighted by Crippen LogP contribution is -2.13. The van der Waals surface area contributed by atoms with Crippen molar-refractivity contribution < 1.29 is 18.1 Å². The number of nitrogens with zero attached hydrogens (tertiary/aromatic N) is 3. The molecule has 0 saturated heterocycles. The van der Waals surface area contributed by atoms with Crippen LogP contribution in [0.3, 0.4) is 0 Å². The molecule has 2 N–H and O–H groups in total. The molecule has 0 aliphatic carbocycles. The van der Waals surface area contributed by atoms with Crippen molar-refractivity contribution in [3.8, 4) is 0 Å². The number of halogens is 3. The Morgan fingerprint density at radius 2 is 1.62 bits per heavy atom. The van der Waals surface area contributed by atoms with Gasteiger partial charge < -0.3 is 10.6 Å². The average Bonchev–Trinajstić information content (AvgIpc) is 2.68. The number of rotatable bonds is 6. The van der Waals surface area contributed by atoms with E-state index in [2.05, 4.69) is 20.6 Å². The molecule has 7 nitrogen and oxygen atoms in total. The molecule has 0 saturated carbocycles. The average molecular weight is 403 g/mol. The predicted octanol–water partition coefficient (Wildman–Crippen LogP) is 5.32. The number of benzene rings is 2. The molecule has 1 unspecified atom stereocenters. The van der Waals surface area contributed by atoms with Gasteiger partial charge in [-0.2, -0.15) is 13.2 Å². The second-order valence-electron chi connectivity index (χ2n) is 6.12. The van der Waals surface area contributed by atoms with Gasteiger partial charge in [0.05, 0.1) is 22.2 Å². The quantitative estimate of drug-likeness (QED) is 0.427. The first-order valence-corrected chi connectivity index (χ1v) is 8.51. The number of para-hydroxylation sites is 1. The second-order valence-corrected chi connectivity index (χ2v) is 6.12. The van der Waals surface area contributed by atoms with Gasteiger partial charge in [-0.25, -0.2) is 9.97 Å². The number of hydrogen-bond acceptors (Lipinski definition) is 6. The van der Waals surface area contributed by atoms with Gasteiger partial charge in [-0.05, 0) is 24.6 Å². The van der Waals surface area contributed by atoms with E-state index in [1.165, 1.54) is 18.2 Å². The zero-order chi connectivity index (χ0) is 21.0. The molecule has 0 amide bonds. The number of anilines is 3. The highest BCUT2D eigenvalue weighted by Gasteiger charge is 2.34. The summed E-state index contributed by atoms with van der Waals surface area (Å²) in [6.07, 6.45) is -3.58. The maximum Gasteiger partial charge on any atom is 0.418 e. The molecule has 3 aromatic rings. The van der Waals surface area contributed by atoms with Crippen molar-refractivity contribution >= 4 is 23.0 Å². The van der Waals surface area contributed by atoms with Crippen LogP contribution in [0.5, 0.6) is 0 Å². The van der Waals surface area contributed by atoms with E-state index >= 15 is 0 Å². The van der Waals surface area contributed by atoms with E-state index < -0.39 is 22.4 Å². The minimum absolute atomic E-state index is 0.103. The summed E-state index contributed by atoms with van der Waals surface area (Å²) >= 11 is 0. The fourth-order valence-electron chi connectivity index (χ4n) is 2.75. The lowest BCUT2D eigenvalue weighted by atomic mass is 10.1. The molecule has 0 fully saturated rings. The number of hydrogen-bond donors (Lipinski definition) is 2. The Labute approximate surface area is 163 Å². The first kappa shape index (κ1) is 20.1. The Hall–Kier alpha value is -3.69. The van der Waals surface area contributed by atoms with Crippen LogP contribution in [0.25, 0.3) is 0 Å². The summed E-state index contributed by atoms with van der Waals surface area (Å²) in [6, 6.07) is 13.5. The number of alkyl halides is 3. The van der Waals surface area contributed by atoms with Crippen LogP contribution in [0.4, 0.5) is 36.2 Å². The molecule has 1 aromatic heterocycles. The summed E-state index contributed by atoms with van der Waals surface area (Å²) in [4.78, 5) is 18.6. The van der Waals surface area contributed by atoms with Gasteiger partial charge in [0, 0.05) is 0 Å². The standard InChI is InChI=1S/C19H16F3N5O2/c1-12(13-7-3-2-4-8-13)25-17-16(27(28)29)18(24-11-23-17)26-15-10-6-5-9-14(15)19(20,21)22/h2-12H,1H3,(H2,23,24,25,26). The SMILES string of the molecule is CC(Nc1ncnc(Nc2ccccc2C(F)(F)F)c1[N+](=O)[O-])c1ccccc1. The smallest absolute Gasteiger partial charge is 0.358 e. The van der Waals surface area contributed by atoms with Crippen molar-refractivity contribution in [1.29, 1.82) is 0 Å². The molecule has 0 aliphatic heterocycles. The van der Waals surface area contributed by atoms with Crippen LogP contribution in [-0.2, 0) is 6.18 Å². The van der Waals surface area contributed by atoms with E-state index in [4.69, 9.17) is 0 Å². The van der Waals surface area contributed by atoms with E-state index in [-0.39, 0.29) is 23.4 Å². The van der Waals surface area contributed by atoms with Crippen molar-refractivity contribution in [2.75, 3.05) is 10.6 Å². The zero-order valence-corrected chi connectivity index (χ0v) is 15.1. The van der Waals surface area contributed by atoms with Crippen LogP contribution >= 0.6 is 0 Å². The van der Waals surface area contributed by atoms with Crippen molar-refractivity contribution in [2.45, 2.75) is 19.1 Å². The van der Waals surface area contributed by atoms with E-state index in [1.54, 1.807) is 6.92 Å². The highest BCUT2D eigenvalue weighted by molar-refractivity contribution is 5.75. The van der Waals surface area contributed by atoms with Crippen molar-refractivity contribution in [2.24, 2.45) is 0 Å². The van der Waals surface area contributed by atoms with Crippen LogP contribution in [0.1, 0.15) is 24.1 Å². The van der Waals surface area contributed by atoms with Gasteiger partial charge in [0.1, 0.15) is 6.33 Å². The molecule has 29 heavy (non-hydrogen) atoms. The first-order valence-electron chi connectivity index (χ1n) is 8.51. The predicted molar refractivity (Wildman–Crippen MR) is 102 cm³/mol. The van der Waals surface area contributed by atoms with E-state index in [1.807, 2.05) is 30.3 Å². The van der Waals surface area contributed by atoms with Crippen LogP contribution in [0, 0.1) is 10.1 Å². The van der Waals surface area contributed by atoms with Gasteiger partial charge in [0.15, 0.2) is 0 Å². The first-order chi connectivity index (χ1) is 13.8. The van der Waals surface area contributed by atoms with Gasteiger partial charge in [-0.15, -0.1) is 0 Å². The summed E-state index contributed by atoms with van der Waals surface area (Å²) in [5, 5.41) is 17.0. The summed E-state index contributed by atoms with van der Waals surface area (Å²) in [6.45, 7) is 1.78. The van der Waals surface area contributed by atoms with Crippen LogP contribution in [-0.4, -0.2) is 14.9 Å². The van der Waals surface area contributed by atoms with Gasteiger partial charge in [0.25, 0.3) is 0 Å². The Morgan fingerprint density at radius 3 is 2.28 bits per heavy atom. The molecular weight excluding hydrogens is 387 g/mol. The highest BCUT2D eigenvalue weighted by Crippen LogP contribution is 2.38. The molecule has 0 radical (unpaired) electrons. The molecule has 10 heteroatoms. The molecule has 1 heterocycles. The van der Waals surface area contributed by atoms with Gasteiger partial charge in [0.2, 0.25) is 11.6 Å². The maximum atomic E-state index is 13.2. The Kier molecular flexibility index (Phi) is 5.62. The number of nitrogens with one attached hydrogen (secondary N) is 2. The van der Waals surface area contributed by atoms with E-state index in [0.717, 1.165) is 18.0 Å². The highest BCUT2D eigenvalue weighted by atomic mass is 19.4. The third-order valence-electron chi connectivity index (χ3n) is 4.14. The third-order valence-corrected chi connectivity index (χ3v) is 4.14. The minimum atomic E-state index is -4.63. The molecule has 0 bridgehead atoms. The molecule has 0 aliphatic rings. The fraction of sp³-hybridized carbons (Fsp3) is 0.158. The maximum absolute atomic E-state index is 13.2. The Morgan fingerprint density at radius 1 is 1.00 bits per heavy atom. The third kappa shape index (κ3) is 4.60. The van der Waals surface area contributed by atoms with Gasteiger partial charge >= 0.3 is 11.9 Å². The van der Waals surface area contributed by atoms with Crippen LogP contribution in [0.2, 0.25) is 0 Å². The second kappa shape index (κ2) is 8.13. The van der Waals surface area contributed by atoms with Crippen molar-refractivity contribution in [3.05, 3.63) is 82.2 Å². The Bertz CT molecular complexity index is 1010. The molecule has 150 valence electrons. The topological polar surface area (TPSA) is 93.0 Å². The van der Waals surface area contributed by atoms with Crippen molar-refractivity contribution in [3.63, 3.8) is 0 Å². The molecular formula is C19H16F3N5O2. The molecule has 2 aromatic carbocycles.